The van der Waals surface area contributed by atoms with E-state index in [1.807, 2.05) is 54.6 Å². The van der Waals surface area contributed by atoms with Crippen LogP contribution in [-0.4, -0.2) is 290 Å². The van der Waals surface area contributed by atoms with Crippen LogP contribution in [0.4, 0.5) is 0 Å². The molecule has 3 aliphatic rings. The fourth-order valence-electron chi connectivity index (χ4n) is 15.8. The summed E-state index contributed by atoms with van der Waals surface area (Å²) in [6.07, 6.45) is -3.91. The highest BCUT2D eigenvalue weighted by Crippen LogP contribution is 2.29. The van der Waals surface area contributed by atoms with E-state index in [1.54, 1.807) is 47.7 Å². The van der Waals surface area contributed by atoms with Gasteiger partial charge in [-0.1, -0.05) is 103 Å². The molecule has 14 unspecified atom stereocenters. The number of nitrogens with zero attached hydrogens (tertiary/aromatic N) is 3. The van der Waals surface area contributed by atoms with Crippen LogP contribution in [0, 0.1) is 17.8 Å². The molecule has 41 nitrogen and oxygen atoms in total. The number of hydrogen-bond donors (Lipinski definition) is 20. The van der Waals surface area contributed by atoms with Crippen molar-refractivity contribution in [2.24, 2.45) is 23.5 Å². The molecule has 21 N–H and O–H groups in total. The van der Waals surface area contributed by atoms with Crippen LogP contribution in [0.25, 0.3) is 10.9 Å². The first kappa shape index (κ1) is 107. The molecule has 130 heavy (non-hydrogen) atoms. The molecular formula is C89H136N18O23. The average molecular weight is 1830 g/mol. The molecule has 0 aliphatic carbocycles. The Morgan fingerprint density at radius 3 is 1.47 bits per heavy atom. The Labute approximate surface area is 756 Å². The zero-order valence-electron chi connectivity index (χ0n) is 77.6. The molecule has 3 saturated heterocycles. The summed E-state index contributed by atoms with van der Waals surface area (Å²) in [7, 11) is 0. The quantitative estimate of drug-likeness (QED) is 0.0288. The Kier molecular flexibility index (Phi) is 38.0. The largest absolute Gasteiger partial charge is 0.481 e. The second-order valence-electron chi connectivity index (χ2n) is 37.5. The number of likely N-dealkylation sites (tertiary alicyclic amines) is 3. The highest BCUT2D eigenvalue weighted by molar-refractivity contribution is 6.04. The van der Waals surface area contributed by atoms with Gasteiger partial charge in [-0.2, -0.15) is 0 Å². The number of amides is 17. The molecule has 720 valence electrons. The Balaban J connectivity index is 1.08. The van der Waals surface area contributed by atoms with Crippen molar-refractivity contribution in [1.82, 2.24) is 88.8 Å². The van der Waals surface area contributed by atoms with E-state index in [0.717, 1.165) is 33.2 Å². The summed E-state index contributed by atoms with van der Waals surface area (Å²) in [6, 6.07) is 1.27. The number of H-pyrrole nitrogens is 1. The number of aromatic nitrogens is 1. The minimum atomic E-state index is -1.98. The van der Waals surface area contributed by atoms with Crippen LogP contribution in [0.15, 0.2) is 60.8 Å². The van der Waals surface area contributed by atoms with Gasteiger partial charge >= 0.3 is 5.97 Å². The summed E-state index contributed by atoms with van der Waals surface area (Å²) in [4.78, 5) is 259. The minimum absolute atomic E-state index is 0.0177. The molecule has 1 aromatic heterocycles. The molecule has 0 bridgehead atoms. The topological polar surface area (TPSA) is 616 Å². The number of primary amides is 1. The molecule has 3 aromatic rings. The lowest BCUT2D eigenvalue weighted by Gasteiger charge is -2.37. The summed E-state index contributed by atoms with van der Waals surface area (Å²) in [5.41, 5.74) is -1.67. The predicted octanol–water partition coefficient (Wildman–Crippen LogP) is -2.12. The number of benzene rings is 2. The zero-order chi connectivity index (χ0) is 97.7. The molecule has 3 fully saturated rings. The standard InChI is InChI=1S/C89H136N18O23/c1-19-47(5)67(97-70(116)61(92-50(8)110)39-52-42-91-57-30-25-24-29-56(52)57)77(123)95-59(33-35-66(114)115)71(117)100-86(11,12)81(127)99-68(48(6)20-2)78(124)98-69(49(7)109)79(125)104-85(9,10)80(126)96-60(37-46(3)4)73(119)102-89(17,18)83(129)106-43-54(111)40-63(106)75(121)94-58(32-34-65(90)113)72(118)101-88(15,16)84(130)107-44-55(112)41-64(107)76(122)103-87(13,14)82(128)105-36-26-31-62(105)74(120)93-53(45-108)38-51-27-22-21-23-28-51/h21-25,27-30,42,46-49,53-55,58-64,67-69,91,108-109,111-112H,19-20,26,31-41,43-45H2,1-18H3,(H2,90,113)(H,92,110)(H,93,120)(H,94,121)(H,95,123)(H,96,126)(H,97,116)(H,98,124)(H,99,127)(H,100,117)(H,101,118)(H,102,119)(H,103,122)(H,104,125)(H,114,115)/t47?,48?,49-,53?,54?,55?,58?,59?,60?,61?,62?,63?,64?,67?,68?,69+/m1/s1. The number of fused-ring (bicyclic) bond motifs is 1. The normalized spacial score (nSPS) is 19.2. The third-order valence-electron chi connectivity index (χ3n) is 23.7. The van der Waals surface area contributed by atoms with Crippen LogP contribution >= 0.6 is 0 Å². The van der Waals surface area contributed by atoms with Gasteiger partial charge in [0.15, 0.2) is 0 Å². The van der Waals surface area contributed by atoms with Gasteiger partial charge in [-0.05, 0) is 150 Å². The summed E-state index contributed by atoms with van der Waals surface area (Å²) in [5.74, 6) is -18.1. The van der Waals surface area contributed by atoms with Crippen LogP contribution in [0.2, 0.25) is 0 Å². The highest BCUT2D eigenvalue weighted by Gasteiger charge is 2.51. The second-order valence-corrected chi connectivity index (χ2v) is 37.5. The van der Waals surface area contributed by atoms with Gasteiger partial charge in [-0.25, -0.2) is 0 Å². The van der Waals surface area contributed by atoms with Gasteiger partial charge in [0.25, 0.3) is 0 Å². The zero-order valence-corrected chi connectivity index (χ0v) is 77.6. The molecular weight excluding hydrogens is 1690 g/mol. The van der Waals surface area contributed by atoms with Crippen molar-refractivity contribution in [3.05, 3.63) is 71.9 Å². The van der Waals surface area contributed by atoms with Gasteiger partial charge in [-0.15, -0.1) is 0 Å². The Bertz CT molecular complexity index is 4610. The molecule has 4 heterocycles. The maximum absolute atomic E-state index is 14.8. The Morgan fingerprint density at radius 1 is 0.485 bits per heavy atom. The Hall–Kier alpha value is -11.7. The van der Waals surface area contributed by atoms with E-state index in [0.29, 0.717) is 31.2 Å². The number of carbonyl (C=O) groups is 18. The second kappa shape index (κ2) is 46.2. The average Bonchev–Trinajstić information content (AvgIpc) is 1.63. The van der Waals surface area contributed by atoms with Crippen LogP contribution in [0.3, 0.4) is 0 Å². The molecule has 0 spiro atoms. The van der Waals surface area contributed by atoms with E-state index in [9.17, 15) is 112 Å². The smallest absolute Gasteiger partial charge is 0.303 e. The van der Waals surface area contributed by atoms with E-state index in [-0.39, 0.29) is 44.8 Å². The lowest BCUT2D eigenvalue weighted by molar-refractivity contribution is -0.148. The van der Waals surface area contributed by atoms with E-state index >= 15 is 0 Å². The number of hydrogen-bond acceptors (Lipinski definition) is 22. The molecule has 0 saturated carbocycles. The summed E-state index contributed by atoms with van der Waals surface area (Å²) in [6.45, 7) is 24.3. The van der Waals surface area contributed by atoms with Crippen molar-refractivity contribution in [2.75, 3.05) is 26.2 Å². The molecule has 41 heteroatoms. The van der Waals surface area contributed by atoms with Crippen LogP contribution in [-0.2, 0) is 99.1 Å². The number of nitrogens with one attached hydrogen (secondary N) is 14. The number of para-hydroxylation sites is 1. The fourth-order valence-corrected chi connectivity index (χ4v) is 15.8. The first-order valence-electron chi connectivity index (χ1n) is 44.2. The van der Waals surface area contributed by atoms with Crippen molar-refractivity contribution in [1.29, 1.82) is 0 Å². The van der Waals surface area contributed by atoms with E-state index in [4.69, 9.17) is 5.73 Å². The molecule has 17 amide bonds. The van der Waals surface area contributed by atoms with Gasteiger partial charge in [-0.3, -0.25) is 86.3 Å². The number of carbonyl (C=O) groups excluding carboxylic acids is 17. The van der Waals surface area contributed by atoms with Crippen molar-refractivity contribution in [3.63, 3.8) is 0 Å². The van der Waals surface area contributed by atoms with Crippen molar-refractivity contribution < 1.29 is 112 Å². The monoisotopic (exact) mass is 1830 g/mol. The van der Waals surface area contributed by atoms with Gasteiger partial charge in [0.2, 0.25) is 100 Å². The van der Waals surface area contributed by atoms with E-state index in [1.165, 1.54) is 81.1 Å². The fraction of sp³-hybridized carbons (Fsp3) is 0.640. The number of nitrogens with two attached hydrogens (primary N) is 1. The molecule has 16 atom stereocenters. The summed E-state index contributed by atoms with van der Waals surface area (Å²) < 4.78 is 0. The van der Waals surface area contributed by atoms with E-state index < -0.39 is 276 Å². The van der Waals surface area contributed by atoms with Gasteiger partial charge in [0.1, 0.15) is 88.1 Å². The van der Waals surface area contributed by atoms with Gasteiger partial charge in [0.05, 0.1) is 31.0 Å². The lowest BCUT2D eigenvalue weighted by Crippen LogP contribution is -2.66. The lowest BCUT2D eigenvalue weighted by atomic mass is 9.94. The van der Waals surface area contributed by atoms with Crippen molar-refractivity contribution >= 4 is 117 Å². The molecule has 2 aromatic carbocycles. The van der Waals surface area contributed by atoms with Crippen LogP contribution in [0.5, 0.6) is 0 Å². The number of aliphatic carboxylic acids is 1. The first-order valence-corrected chi connectivity index (χ1v) is 44.2. The number of β-amino-alcohol motifs (C(OH)–C–C–N with tert-alkyl or cyclic N) is 2. The van der Waals surface area contributed by atoms with Gasteiger partial charge in [0, 0.05) is 75.8 Å². The number of aromatic amines is 1. The third kappa shape index (κ3) is 29.4. The number of carboxylic acids is 1. The minimum Gasteiger partial charge on any atom is -0.481 e. The SMILES string of the molecule is CCC(C)C(NC(=O)C(Cc1c[nH]c2ccccc12)NC(C)=O)C(=O)NC(CCC(=O)O)C(=O)NC(C)(C)C(=O)NC(C(=O)N[C@H](C(=O)NC(C)(C)C(=O)NC(CC(C)C)C(=O)NC(C)(C)C(=O)N1CC(O)CC1C(=O)NC(CCC(N)=O)C(=O)NC(C)(C)C(=O)N1CC(O)CC1C(=O)NC(C)(C)C(=O)N1CCCC1C(=O)NC(CO)Cc1ccccc1)[C@@H](C)O)C(C)CC. The maximum Gasteiger partial charge on any atom is 0.303 e. The number of carboxylic acid groups (broad SMARTS) is 1. The van der Waals surface area contributed by atoms with E-state index in [2.05, 4.69) is 74.1 Å². The summed E-state index contributed by atoms with van der Waals surface area (Å²) >= 11 is 0. The Morgan fingerprint density at radius 2 is 0.946 bits per heavy atom. The molecule has 0 radical (unpaired) electrons. The molecule has 3 aliphatic heterocycles. The van der Waals surface area contributed by atoms with Crippen molar-refractivity contribution in [3.8, 4) is 0 Å². The van der Waals surface area contributed by atoms with Crippen LogP contribution in [0.1, 0.15) is 206 Å². The highest BCUT2D eigenvalue weighted by atomic mass is 16.4. The van der Waals surface area contributed by atoms with Crippen LogP contribution < -0.4 is 74.9 Å². The first-order chi connectivity index (χ1) is 60.5. The third-order valence-corrected chi connectivity index (χ3v) is 23.7. The molecule has 6 rings (SSSR count). The number of rotatable bonds is 46. The van der Waals surface area contributed by atoms with Crippen molar-refractivity contribution in [2.45, 2.75) is 321 Å². The maximum atomic E-state index is 14.8. The van der Waals surface area contributed by atoms with Gasteiger partial charge < -0.3 is 120 Å². The number of aliphatic hydroxyl groups excluding tert-OH is 4. The summed E-state index contributed by atoms with van der Waals surface area (Å²) in [5, 5.41) is 87.6. The predicted molar refractivity (Wildman–Crippen MR) is 474 cm³/mol. The number of aliphatic hydroxyl groups is 4.